The number of carbonyl (C=O) groups is 1. The van der Waals surface area contributed by atoms with Gasteiger partial charge in [-0.1, -0.05) is 0 Å². The van der Waals surface area contributed by atoms with Crippen molar-refractivity contribution in [3.05, 3.63) is 42.4 Å². The Morgan fingerprint density at radius 2 is 2.26 bits per heavy atom. The number of hydrogen-bond donors (Lipinski definition) is 3. The number of aliphatic hydroxyl groups is 1. The molecule has 0 saturated carbocycles. The van der Waals surface area contributed by atoms with Crippen LogP contribution < -0.4 is 15.0 Å². The summed E-state index contributed by atoms with van der Waals surface area (Å²) < 4.78 is 7.27. The van der Waals surface area contributed by atoms with Crippen LogP contribution in [0.25, 0.3) is 16.6 Å². The van der Waals surface area contributed by atoms with Crippen molar-refractivity contribution in [2.75, 3.05) is 24.6 Å². The molecule has 1 aliphatic heterocycles. The van der Waals surface area contributed by atoms with Gasteiger partial charge in [0.05, 0.1) is 42.2 Å². The van der Waals surface area contributed by atoms with Gasteiger partial charge in [-0.05, 0) is 31.5 Å². The minimum atomic E-state index is -1.14. The number of aromatic nitrogens is 3. The van der Waals surface area contributed by atoms with E-state index in [4.69, 9.17) is 9.84 Å². The van der Waals surface area contributed by atoms with Gasteiger partial charge in [0.15, 0.2) is 0 Å². The lowest BCUT2D eigenvalue weighted by atomic mass is 10.0. The van der Waals surface area contributed by atoms with Gasteiger partial charge in [-0.2, -0.15) is 10.4 Å². The molecule has 0 spiro atoms. The predicted octanol–water partition coefficient (Wildman–Crippen LogP) is 1.87. The lowest BCUT2D eigenvalue weighted by molar-refractivity contribution is 0.108. The molecule has 1 fully saturated rings. The third kappa shape index (κ3) is 4.08. The lowest BCUT2D eigenvalue weighted by Gasteiger charge is -2.36. The molecular formula is C21H22N6O4. The third-order valence-electron chi connectivity index (χ3n) is 5.29. The Labute approximate surface area is 178 Å². The molecule has 0 aromatic carbocycles. The summed E-state index contributed by atoms with van der Waals surface area (Å²) in [5, 5.41) is 35.2. The molecule has 0 radical (unpaired) electrons. The number of amides is 1. The van der Waals surface area contributed by atoms with Gasteiger partial charge in [0, 0.05) is 30.4 Å². The number of piperidine rings is 1. The number of rotatable bonds is 5. The van der Waals surface area contributed by atoms with Crippen molar-refractivity contribution in [1.29, 1.82) is 5.26 Å². The Kier molecular flexibility index (Phi) is 5.60. The number of pyridine rings is 2. The molecule has 4 heterocycles. The first-order chi connectivity index (χ1) is 15.0. The van der Waals surface area contributed by atoms with Gasteiger partial charge in [-0.3, -0.25) is 0 Å². The smallest absolute Gasteiger partial charge is 0.404 e. The largest absolute Gasteiger partial charge is 0.492 e. The van der Waals surface area contributed by atoms with E-state index in [2.05, 4.69) is 21.5 Å². The minimum Gasteiger partial charge on any atom is -0.492 e. The Balaban J connectivity index is 1.62. The summed E-state index contributed by atoms with van der Waals surface area (Å²) in [5.41, 5.74) is 2.72. The number of nitrogens with zero attached hydrogens (tertiary/aromatic N) is 5. The number of hydrogen-bond acceptors (Lipinski definition) is 7. The maximum atomic E-state index is 10.8. The summed E-state index contributed by atoms with van der Waals surface area (Å²) in [6, 6.07) is 7.29. The van der Waals surface area contributed by atoms with Crippen molar-refractivity contribution in [2.45, 2.75) is 25.5 Å². The number of anilines is 1. The Hall–Kier alpha value is -3.84. The Morgan fingerprint density at radius 1 is 1.42 bits per heavy atom. The first kappa shape index (κ1) is 20.4. The van der Waals surface area contributed by atoms with Gasteiger partial charge in [0.1, 0.15) is 17.6 Å². The van der Waals surface area contributed by atoms with Crippen molar-refractivity contribution in [3.8, 4) is 22.9 Å². The standard InChI is InChI=1S/C21H22N6O4/c1-2-31-15-7-16(20-14(8-22)10-24-27(20)11-15)13-3-4-19(23-9-13)26-6-5-17(18(28)12-26)25-21(29)30/h3-4,7,9-11,17-18,25,28H,2,5-6,12H2,1H3,(H,29,30)/t17-,18+/m1/s1. The molecule has 4 rings (SSSR count). The van der Waals surface area contributed by atoms with Crippen LogP contribution in [0.15, 0.2) is 36.8 Å². The van der Waals surface area contributed by atoms with Crippen LogP contribution in [0.5, 0.6) is 5.75 Å². The molecular weight excluding hydrogens is 400 g/mol. The normalized spacial score (nSPS) is 18.5. The van der Waals surface area contributed by atoms with Crippen molar-refractivity contribution >= 4 is 17.4 Å². The lowest BCUT2D eigenvalue weighted by Crippen LogP contribution is -2.54. The highest BCUT2D eigenvalue weighted by Gasteiger charge is 2.29. The zero-order valence-electron chi connectivity index (χ0n) is 16.9. The highest BCUT2D eigenvalue weighted by molar-refractivity contribution is 5.85. The fourth-order valence-electron chi connectivity index (χ4n) is 3.84. The monoisotopic (exact) mass is 422 g/mol. The molecule has 3 aromatic rings. The minimum absolute atomic E-state index is 0.280. The second kappa shape index (κ2) is 8.49. The summed E-state index contributed by atoms with van der Waals surface area (Å²) in [6.07, 6.45) is 3.49. The van der Waals surface area contributed by atoms with Crippen LogP contribution >= 0.6 is 0 Å². The molecule has 0 bridgehead atoms. The second-order valence-electron chi connectivity index (χ2n) is 7.25. The number of nitrogens with one attached hydrogen (secondary N) is 1. The SMILES string of the molecule is CCOc1cc(-c2ccc(N3CC[C@@H](NC(=O)O)[C@@H](O)C3)nc2)c2c(C#N)cnn2c1. The molecule has 3 N–H and O–H groups in total. The van der Waals surface area contributed by atoms with Gasteiger partial charge in [0.25, 0.3) is 0 Å². The van der Waals surface area contributed by atoms with Gasteiger partial charge in [-0.15, -0.1) is 0 Å². The molecule has 0 aliphatic carbocycles. The number of fused-ring (bicyclic) bond motifs is 1. The van der Waals surface area contributed by atoms with E-state index in [1.807, 2.05) is 30.0 Å². The number of carboxylic acid groups (broad SMARTS) is 1. The van der Waals surface area contributed by atoms with E-state index in [1.54, 1.807) is 16.9 Å². The maximum Gasteiger partial charge on any atom is 0.404 e. The number of aliphatic hydroxyl groups excluding tert-OH is 1. The summed E-state index contributed by atoms with van der Waals surface area (Å²) in [6.45, 7) is 3.25. The molecule has 2 atom stereocenters. The van der Waals surface area contributed by atoms with E-state index in [-0.39, 0.29) is 6.54 Å². The van der Waals surface area contributed by atoms with Gasteiger partial charge in [0.2, 0.25) is 0 Å². The van der Waals surface area contributed by atoms with E-state index < -0.39 is 18.2 Å². The van der Waals surface area contributed by atoms with Crippen LogP contribution in [-0.2, 0) is 0 Å². The first-order valence-corrected chi connectivity index (χ1v) is 9.93. The molecule has 3 aromatic heterocycles. The van der Waals surface area contributed by atoms with Crippen molar-refractivity contribution in [2.24, 2.45) is 0 Å². The highest BCUT2D eigenvalue weighted by atomic mass is 16.5. The van der Waals surface area contributed by atoms with E-state index in [0.29, 0.717) is 42.2 Å². The Bertz CT molecular complexity index is 1140. The number of ether oxygens (including phenoxy) is 1. The molecule has 160 valence electrons. The zero-order chi connectivity index (χ0) is 22.0. The molecule has 10 heteroatoms. The second-order valence-corrected chi connectivity index (χ2v) is 7.25. The van der Waals surface area contributed by atoms with Crippen LogP contribution in [0.3, 0.4) is 0 Å². The quantitative estimate of drug-likeness (QED) is 0.567. The van der Waals surface area contributed by atoms with E-state index >= 15 is 0 Å². The molecule has 1 saturated heterocycles. The van der Waals surface area contributed by atoms with Crippen LogP contribution in [0.1, 0.15) is 18.9 Å². The predicted molar refractivity (Wildman–Crippen MR) is 112 cm³/mol. The van der Waals surface area contributed by atoms with E-state index in [0.717, 1.165) is 11.1 Å². The highest BCUT2D eigenvalue weighted by Crippen LogP contribution is 2.31. The molecule has 1 aliphatic rings. The van der Waals surface area contributed by atoms with Crippen LogP contribution in [0.4, 0.5) is 10.6 Å². The average Bonchev–Trinajstić information content (AvgIpc) is 3.18. The fourth-order valence-corrected chi connectivity index (χ4v) is 3.84. The zero-order valence-corrected chi connectivity index (χ0v) is 16.9. The van der Waals surface area contributed by atoms with Gasteiger partial charge >= 0.3 is 6.09 Å². The molecule has 31 heavy (non-hydrogen) atoms. The topological polar surface area (TPSA) is 136 Å². The summed E-state index contributed by atoms with van der Waals surface area (Å²) in [4.78, 5) is 17.3. The summed E-state index contributed by atoms with van der Waals surface area (Å²) in [5.74, 6) is 1.32. The van der Waals surface area contributed by atoms with Crippen LogP contribution in [0, 0.1) is 11.3 Å². The third-order valence-corrected chi connectivity index (χ3v) is 5.29. The maximum absolute atomic E-state index is 10.8. The first-order valence-electron chi connectivity index (χ1n) is 9.93. The Morgan fingerprint density at radius 3 is 2.90 bits per heavy atom. The van der Waals surface area contributed by atoms with Crippen molar-refractivity contribution in [3.63, 3.8) is 0 Å². The summed E-state index contributed by atoms with van der Waals surface area (Å²) >= 11 is 0. The van der Waals surface area contributed by atoms with E-state index in [9.17, 15) is 15.2 Å². The molecule has 10 nitrogen and oxygen atoms in total. The number of nitriles is 1. The average molecular weight is 422 g/mol. The fraction of sp³-hybridized carbons (Fsp3) is 0.333. The number of β-amino-alcohol motifs (C(OH)–C–C–N with tert-alkyl or cyclic N) is 1. The van der Waals surface area contributed by atoms with Crippen molar-refractivity contribution < 1.29 is 19.7 Å². The molecule has 0 unspecified atom stereocenters. The van der Waals surface area contributed by atoms with Crippen LogP contribution in [-0.4, -0.2) is 62.7 Å². The van der Waals surface area contributed by atoms with Gasteiger partial charge < -0.3 is 25.2 Å². The van der Waals surface area contributed by atoms with Crippen LogP contribution in [0.2, 0.25) is 0 Å². The molecule has 1 amide bonds. The summed E-state index contributed by atoms with van der Waals surface area (Å²) in [7, 11) is 0. The van der Waals surface area contributed by atoms with Gasteiger partial charge in [-0.25, -0.2) is 14.3 Å². The van der Waals surface area contributed by atoms with E-state index in [1.165, 1.54) is 6.20 Å². The van der Waals surface area contributed by atoms with Crippen molar-refractivity contribution in [1.82, 2.24) is 19.9 Å².